The van der Waals surface area contributed by atoms with Gasteiger partial charge in [0, 0.05) is 32.2 Å². The maximum Gasteiger partial charge on any atom is 0.242 e. The zero-order valence-corrected chi connectivity index (χ0v) is 17.9. The highest BCUT2D eigenvalue weighted by atomic mass is 16.2. The quantitative estimate of drug-likeness (QED) is 0.763. The number of nitrogens with zero attached hydrogens (tertiary/aromatic N) is 2. The zero-order chi connectivity index (χ0) is 20.9. The van der Waals surface area contributed by atoms with Gasteiger partial charge in [0.25, 0.3) is 0 Å². The summed E-state index contributed by atoms with van der Waals surface area (Å²) in [4.78, 5) is 29.4. The molecule has 0 aliphatic carbocycles. The summed E-state index contributed by atoms with van der Waals surface area (Å²) in [5.41, 5.74) is 6.42. The number of hydrogen-bond acceptors (Lipinski definition) is 4. The van der Waals surface area contributed by atoms with Gasteiger partial charge in [-0.2, -0.15) is 0 Å². The molecular formula is C23H36N4O2. The van der Waals surface area contributed by atoms with E-state index in [1.165, 1.54) is 5.56 Å². The highest BCUT2D eigenvalue weighted by molar-refractivity contribution is 5.85. The average Bonchev–Trinajstić information content (AvgIpc) is 2.73. The van der Waals surface area contributed by atoms with Gasteiger partial charge < -0.3 is 16.0 Å². The van der Waals surface area contributed by atoms with E-state index in [1.54, 1.807) is 13.8 Å². The standard InChI is InChI=1S/C23H36N4O2/c1-23(2,24)22(29)26-15-11-20(12-16-26)27-14-6-9-19(17-27)21(28)25-13-10-18-7-4-3-5-8-18/h3-5,7-8,19-20H,6,9-17,24H2,1-2H3,(H,25,28)/t19-/m0/s1. The summed E-state index contributed by atoms with van der Waals surface area (Å²) in [6, 6.07) is 10.7. The molecule has 2 fully saturated rings. The number of carbonyl (C=O) groups is 2. The third-order valence-corrected chi connectivity index (χ3v) is 6.20. The fourth-order valence-electron chi connectivity index (χ4n) is 4.51. The van der Waals surface area contributed by atoms with E-state index in [2.05, 4.69) is 22.3 Å². The van der Waals surface area contributed by atoms with Crippen molar-refractivity contribution in [2.24, 2.45) is 11.7 Å². The normalized spacial score (nSPS) is 21.8. The van der Waals surface area contributed by atoms with Crippen molar-refractivity contribution in [3.05, 3.63) is 35.9 Å². The monoisotopic (exact) mass is 400 g/mol. The molecule has 1 aromatic rings. The molecule has 0 aromatic heterocycles. The van der Waals surface area contributed by atoms with Gasteiger partial charge >= 0.3 is 0 Å². The molecular weight excluding hydrogens is 364 g/mol. The number of nitrogens with one attached hydrogen (secondary N) is 1. The fraction of sp³-hybridized carbons (Fsp3) is 0.652. The van der Waals surface area contributed by atoms with Crippen LogP contribution in [0.25, 0.3) is 0 Å². The number of carbonyl (C=O) groups excluding carboxylic acids is 2. The van der Waals surface area contributed by atoms with Crippen LogP contribution in [0.15, 0.2) is 30.3 Å². The number of nitrogens with two attached hydrogens (primary N) is 1. The summed E-state index contributed by atoms with van der Waals surface area (Å²) in [6.45, 7) is 7.63. The Morgan fingerprint density at radius 1 is 1.10 bits per heavy atom. The van der Waals surface area contributed by atoms with E-state index in [0.717, 1.165) is 58.3 Å². The summed E-state index contributed by atoms with van der Waals surface area (Å²) >= 11 is 0. The molecule has 0 bridgehead atoms. The smallest absolute Gasteiger partial charge is 0.242 e. The molecule has 2 amide bonds. The minimum absolute atomic E-state index is 0.0327. The molecule has 2 aliphatic heterocycles. The molecule has 6 heteroatoms. The summed E-state index contributed by atoms with van der Waals surface area (Å²) in [5, 5.41) is 3.13. The van der Waals surface area contributed by atoms with Gasteiger partial charge in [0.05, 0.1) is 11.5 Å². The Kier molecular flexibility index (Phi) is 7.30. The molecule has 0 saturated carbocycles. The lowest BCUT2D eigenvalue weighted by Gasteiger charge is -2.43. The van der Waals surface area contributed by atoms with E-state index in [-0.39, 0.29) is 17.7 Å². The Morgan fingerprint density at radius 2 is 1.79 bits per heavy atom. The highest BCUT2D eigenvalue weighted by Gasteiger charge is 2.34. The molecule has 3 N–H and O–H groups in total. The Bertz CT molecular complexity index is 678. The fourth-order valence-corrected chi connectivity index (χ4v) is 4.51. The van der Waals surface area contributed by atoms with Crippen LogP contribution in [0, 0.1) is 5.92 Å². The van der Waals surface area contributed by atoms with Gasteiger partial charge in [-0.15, -0.1) is 0 Å². The summed E-state index contributed by atoms with van der Waals surface area (Å²) in [5.74, 6) is 0.288. The first-order valence-corrected chi connectivity index (χ1v) is 11.0. The van der Waals surface area contributed by atoms with E-state index in [4.69, 9.17) is 5.73 Å². The van der Waals surface area contributed by atoms with E-state index in [9.17, 15) is 9.59 Å². The topological polar surface area (TPSA) is 78.7 Å². The number of amides is 2. The number of rotatable bonds is 6. The second kappa shape index (κ2) is 9.72. The van der Waals surface area contributed by atoms with Crippen LogP contribution in [0.2, 0.25) is 0 Å². The van der Waals surface area contributed by atoms with Crippen LogP contribution in [0.1, 0.15) is 45.1 Å². The molecule has 0 unspecified atom stereocenters. The molecule has 29 heavy (non-hydrogen) atoms. The first-order chi connectivity index (χ1) is 13.8. The molecule has 2 aliphatic rings. The second-order valence-corrected chi connectivity index (χ2v) is 9.11. The Morgan fingerprint density at radius 3 is 2.45 bits per heavy atom. The van der Waals surface area contributed by atoms with Crippen LogP contribution in [0.4, 0.5) is 0 Å². The molecule has 2 heterocycles. The first kappa shape index (κ1) is 21.8. The molecule has 2 saturated heterocycles. The lowest BCUT2D eigenvalue weighted by Crippen LogP contribution is -2.56. The van der Waals surface area contributed by atoms with Crippen molar-refractivity contribution in [1.82, 2.24) is 15.1 Å². The SMILES string of the molecule is CC(C)(N)C(=O)N1CCC(N2CCC[C@H](C(=O)NCCc3ccccc3)C2)CC1. The van der Waals surface area contributed by atoms with E-state index in [1.807, 2.05) is 23.1 Å². The molecule has 0 spiro atoms. The highest BCUT2D eigenvalue weighted by Crippen LogP contribution is 2.25. The first-order valence-electron chi connectivity index (χ1n) is 11.0. The second-order valence-electron chi connectivity index (χ2n) is 9.11. The Balaban J connectivity index is 1.43. The predicted molar refractivity (Wildman–Crippen MR) is 115 cm³/mol. The van der Waals surface area contributed by atoms with Gasteiger partial charge in [-0.1, -0.05) is 30.3 Å². The van der Waals surface area contributed by atoms with Crippen LogP contribution >= 0.6 is 0 Å². The predicted octanol–water partition coefficient (Wildman–Crippen LogP) is 1.79. The minimum atomic E-state index is -0.805. The largest absolute Gasteiger partial charge is 0.355 e. The van der Waals surface area contributed by atoms with Gasteiger partial charge in [-0.3, -0.25) is 14.5 Å². The number of likely N-dealkylation sites (tertiary alicyclic amines) is 2. The third-order valence-electron chi connectivity index (χ3n) is 6.20. The van der Waals surface area contributed by atoms with E-state index in [0.29, 0.717) is 12.6 Å². The van der Waals surface area contributed by atoms with Gasteiger partial charge in [0.2, 0.25) is 11.8 Å². The van der Waals surface area contributed by atoms with Crippen molar-refractivity contribution >= 4 is 11.8 Å². The van der Waals surface area contributed by atoms with Crippen molar-refractivity contribution < 1.29 is 9.59 Å². The molecule has 3 rings (SSSR count). The maximum absolute atomic E-state index is 12.7. The van der Waals surface area contributed by atoms with E-state index >= 15 is 0 Å². The Labute approximate surface area is 174 Å². The van der Waals surface area contributed by atoms with Crippen LogP contribution in [0.3, 0.4) is 0 Å². The van der Waals surface area contributed by atoms with Crippen LogP contribution in [-0.4, -0.2) is 65.9 Å². The van der Waals surface area contributed by atoms with Gasteiger partial charge in [0.15, 0.2) is 0 Å². The molecule has 0 radical (unpaired) electrons. The van der Waals surface area contributed by atoms with Gasteiger partial charge in [-0.25, -0.2) is 0 Å². The van der Waals surface area contributed by atoms with Crippen LogP contribution in [-0.2, 0) is 16.0 Å². The van der Waals surface area contributed by atoms with Crippen molar-refractivity contribution in [1.29, 1.82) is 0 Å². The van der Waals surface area contributed by atoms with E-state index < -0.39 is 5.54 Å². The van der Waals surface area contributed by atoms with Crippen LogP contribution < -0.4 is 11.1 Å². The summed E-state index contributed by atoms with van der Waals surface area (Å²) in [6.07, 6.45) is 4.82. The molecule has 6 nitrogen and oxygen atoms in total. The summed E-state index contributed by atoms with van der Waals surface area (Å²) in [7, 11) is 0. The van der Waals surface area contributed by atoms with Gasteiger partial charge in [0.1, 0.15) is 0 Å². The molecule has 160 valence electrons. The van der Waals surface area contributed by atoms with Crippen molar-refractivity contribution in [2.45, 2.75) is 57.5 Å². The number of hydrogen-bond donors (Lipinski definition) is 2. The maximum atomic E-state index is 12.7. The lowest BCUT2D eigenvalue weighted by atomic mass is 9.92. The van der Waals surface area contributed by atoms with Gasteiger partial charge in [-0.05, 0) is 58.1 Å². The van der Waals surface area contributed by atoms with Crippen molar-refractivity contribution in [2.75, 3.05) is 32.7 Å². The zero-order valence-electron chi connectivity index (χ0n) is 17.9. The molecule has 1 aromatic carbocycles. The lowest BCUT2D eigenvalue weighted by molar-refractivity contribution is -0.137. The minimum Gasteiger partial charge on any atom is -0.355 e. The number of piperidine rings is 2. The number of benzene rings is 1. The molecule has 1 atom stereocenters. The third kappa shape index (κ3) is 6.03. The van der Waals surface area contributed by atoms with Crippen LogP contribution in [0.5, 0.6) is 0 Å². The van der Waals surface area contributed by atoms with Crippen molar-refractivity contribution in [3.63, 3.8) is 0 Å². The Hall–Kier alpha value is -1.92. The average molecular weight is 401 g/mol. The van der Waals surface area contributed by atoms with Crippen molar-refractivity contribution in [3.8, 4) is 0 Å². The summed E-state index contributed by atoms with van der Waals surface area (Å²) < 4.78 is 0.